The Labute approximate surface area is 150 Å². The van der Waals surface area contributed by atoms with Crippen LogP contribution < -0.4 is 10.5 Å². The van der Waals surface area contributed by atoms with Gasteiger partial charge in [-0.2, -0.15) is 4.31 Å². The number of hydrogen-bond acceptors (Lipinski definition) is 5. The summed E-state index contributed by atoms with van der Waals surface area (Å²) in [5, 5.41) is 0. The van der Waals surface area contributed by atoms with Crippen LogP contribution in [0, 0.1) is 12.8 Å². The molecule has 1 aromatic rings. The molecule has 1 saturated heterocycles. The second-order valence-electron chi connectivity index (χ2n) is 5.93. The van der Waals surface area contributed by atoms with Crippen molar-refractivity contribution >= 4 is 32.5 Å². The first-order chi connectivity index (χ1) is 10.6. The van der Waals surface area contributed by atoms with Gasteiger partial charge < -0.3 is 5.73 Å². The van der Waals surface area contributed by atoms with Crippen LogP contribution in [-0.2, 0) is 20.0 Å². The number of nitrogens with one attached hydrogen (secondary N) is 1. The predicted molar refractivity (Wildman–Crippen MR) is 95.2 cm³/mol. The highest BCUT2D eigenvalue weighted by Crippen LogP contribution is 2.25. The average molecular weight is 398 g/mol. The number of nitrogens with two attached hydrogens (primary N) is 1. The Hall–Kier alpha value is -0.710. The van der Waals surface area contributed by atoms with Crippen molar-refractivity contribution in [2.24, 2.45) is 11.7 Å². The molecule has 1 aliphatic rings. The van der Waals surface area contributed by atoms with Gasteiger partial charge in [-0.05, 0) is 50.1 Å². The van der Waals surface area contributed by atoms with E-state index in [0.29, 0.717) is 25.1 Å². The van der Waals surface area contributed by atoms with E-state index in [4.69, 9.17) is 5.73 Å². The quantitative estimate of drug-likeness (QED) is 0.776. The van der Waals surface area contributed by atoms with Crippen molar-refractivity contribution in [2.45, 2.75) is 36.1 Å². The van der Waals surface area contributed by atoms with Crippen molar-refractivity contribution in [1.29, 1.82) is 0 Å². The molecule has 2 rings (SSSR count). The molecule has 3 N–H and O–H groups in total. The maximum absolute atomic E-state index is 12.7. The summed E-state index contributed by atoms with van der Waals surface area (Å²) in [6.07, 6.45) is 0.617. The molecule has 0 radical (unpaired) electrons. The summed E-state index contributed by atoms with van der Waals surface area (Å²) in [7, 11) is -5.94. The Balaban J connectivity index is 0.00000288. The van der Waals surface area contributed by atoms with Gasteiger partial charge in [0.05, 0.1) is 9.79 Å². The van der Waals surface area contributed by atoms with Gasteiger partial charge in [-0.1, -0.05) is 6.92 Å². The lowest BCUT2D eigenvalue weighted by Crippen LogP contribution is -2.48. The Bertz CT molecular complexity index is 796. The van der Waals surface area contributed by atoms with Gasteiger partial charge in [0, 0.05) is 19.1 Å². The number of piperidine rings is 1. The number of benzene rings is 1. The van der Waals surface area contributed by atoms with Crippen LogP contribution in [0.25, 0.3) is 0 Å². The Kier molecular flexibility index (Phi) is 6.82. The standard InChI is InChI=1S/C14H23N3O4S2.ClH/c1-10-8-12(4-5-14(10)22(18,19)16-3)23(20,21)17-7-6-13(15)11(2)9-17;/h4-5,8,11,13,16H,6-7,9,15H2,1-3H3;1H. The molecule has 2 atom stereocenters. The van der Waals surface area contributed by atoms with Crippen molar-refractivity contribution in [1.82, 2.24) is 9.03 Å². The van der Waals surface area contributed by atoms with Crippen LogP contribution in [0.15, 0.2) is 28.0 Å². The largest absolute Gasteiger partial charge is 0.327 e. The fraction of sp³-hybridized carbons (Fsp3) is 0.571. The SMILES string of the molecule is CNS(=O)(=O)c1ccc(S(=O)(=O)N2CCC(N)C(C)C2)cc1C.Cl. The molecule has 0 saturated carbocycles. The molecule has 1 aromatic carbocycles. The van der Waals surface area contributed by atoms with Crippen LogP contribution in [0.2, 0.25) is 0 Å². The lowest BCUT2D eigenvalue weighted by atomic mass is 9.96. The van der Waals surface area contributed by atoms with Gasteiger partial charge >= 0.3 is 0 Å². The summed E-state index contributed by atoms with van der Waals surface area (Å²) < 4.78 is 52.9. The highest BCUT2D eigenvalue weighted by Gasteiger charge is 2.32. The van der Waals surface area contributed by atoms with E-state index in [-0.39, 0.29) is 34.2 Å². The molecule has 138 valence electrons. The third-order valence-corrected chi connectivity index (χ3v) is 7.71. The van der Waals surface area contributed by atoms with Gasteiger partial charge in [0.2, 0.25) is 20.0 Å². The van der Waals surface area contributed by atoms with Crippen LogP contribution in [0.5, 0.6) is 0 Å². The molecule has 0 aliphatic carbocycles. The highest BCUT2D eigenvalue weighted by molar-refractivity contribution is 7.89. The molecule has 0 spiro atoms. The van der Waals surface area contributed by atoms with Crippen LogP contribution in [0.1, 0.15) is 18.9 Å². The summed E-state index contributed by atoms with van der Waals surface area (Å²) in [5.74, 6) is 0.0866. The molecule has 2 unspecified atom stereocenters. The Morgan fingerprint density at radius 1 is 1.25 bits per heavy atom. The van der Waals surface area contributed by atoms with Gasteiger partial charge in [-0.25, -0.2) is 21.6 Å². The van der Waals surface area contributed by atoms with Crippen molar-refractivity contribution in [3.63, 3.8) is 0 Å². The number of rotatable bonds is 4. The van der Waals surface area contributed by atoms with E-state index < -0.39 is 20.0 Å². The van der Waals surface area contributed by atoms with Crippen LogP contribution in [0.4, 0.5) is 0 Å². The number of nitrogens with zero attached hydrogens (tertiary/aromatic N) is 1. The van der Waals surface area contributed by atoms with E-state index in [1.807, 2.05) is 6.92 Å². The molecule has 1 fully saturated rings. The zero-order chi connectivity index (χ0) is 17.4. The van der Waals surface area contributed by atoms with E-state index in [1.54, 1.807) is 6.92 Å². The maximum atomic E-state index is 12.7. The second-order valence-corrected chi connectivity index (χ2v) is 9.72. The van der Waals surface area contributed by atoms with Crippen molar-refractivity contribution in [2.75, 3.05) is 20.1 Å². The zero-order valence-corrected chi connectivity index (χ0v) is 16.3. The third kappa shape index (κ3) is 4.09. The molecular formula is C14H24ClN3O4S2. The molecule has 0 amide bonds. The molecule has 7 nitrogen and oxygen atoms in total. The van der Waals surface area contributed by atoms with Crippen molar-refractivity contribution in [3.8, 4) is 0 Å². The van der Waals surface area contributed by atoms with Gasteiger partial charge in [0.25, 0.3) is 0 Å². The molecule has 0 aromatic heterocycles. The van der Waals surface area contributed by atoms with E-state index in [2.05, 4.69) is 4.72 Å². The number of halogens is 1. The van der Waals surface area contributed by atoms with E-state index in [9.17, 15) is 16.8 Å². The fourth-order valence-electron chi connectivity index (χ4n) is 2.69. The van der Waals surface area contributed by atoms with Crippen LogP contribution >= 0.6 is 12.4 Å². The van der Waals surface area contributed by atoms with Gasteiger partial charge in [0.15, 0.2) is 0 Å². The highest BCUT2D eigenvalue weighted by atomic mass is 35.5. The number of aryl methyl sites for hydroxylation is 1. The predicted octanol–water partition coefficient (Wildman–Crippen LogP) is 0.683. The fourth-order valence-corrected chi connectivity index (χ4v) is 5.28. The molecule has 10 heteroatoms. The van der Waals surface area contributed by atoms with Gasteiger partial charge in [-0.15, -0.1) is 12.4 Å². The van der Waals surface area contributed by atoms with Crippen LogP contribution in [-0.4, -0.2) is 47.3 Å². The summed E-state index contributed by atoms with van der Waals surface area (Å²) in [6, 6.07) is 4.07. The maximum Gasteiger partial charge on any atom is 0.243 e. The smallest absolute Gasteiger partial charge is 0.243 e. The topological polar surface area (TPSA) is 110 Å². The lowest BCUT2D eigenvalue weighted by molar-refractivity contribution is 0.250. The zero-order valence-electron chi connectivity index (χ0n) is 13.9. The summed E-state index contributed by atoms with van der Waals surface area (Å²) in [6.45, 7) is 4.26. The first-order valence-electron chi connectivity index (χ1n) is 7.39. The third-order valence-electron chi connectivity index (χ3n) is 4.28. The van der Waals surface area contributed by atoms with Gasteiger partial charge in [-0.3, -0.25) is 0 Å². The normalized spacial score (nSPS) is 22.8. The van der Waals surface area contributed by atoms with E-state index in [0.717, 1.165) is 0 Å². The number of hydrogen-bond donors (Lipinski definition) is 2. The molecule has 1 heterocycles. The summed E-state index contributed by atoms with van der Waals surface area (Å²) in [5.41, 5.74) is 6.33. The minimum absolute atomic E-state index is 0. The summed E-state index contributed by atoms with van der Waals surface area (Å²) in [4.78, 5) is 0.181. The first kappa shape index (κ1) is 21.3. The van der Waals surface area contributed by atoms with Crippen molar-refractivity contribution < 1.29 is 16.8 Å². The summed E-state index contributed by atoms with van der Waals surface area (Å²) >= 11 is 0. The van der Waals surface area contributed by atoms with Gasteiger partial charge in [0.1, 0.15) is 0 Å². The Morgan fingerprint density at radius 2 is 1.88 bits per heavy atom. The molecule has 0 bridgehead atoms. The average Bonchev–Trinajstić information content (AvgIpc) is 2.49. The van der Waals surface area contributed by atoms with Crippen molar-refractivity contribution in [3.05, 3.63) is 23.8 Å². The van der Waals surface area contributed by atoms with E-state index >= 15 is 0 Å². The van der Waals surface area contributed by atoms with E-state index in [1.165, 1.54) is 29.6 Å². The minimum Gasteiger partial charge on any atom is -0.327 e. The first-order valence-corrected chi connectivity index (χ1v) is 10.3. The second kappa shape index (κ2) is 7.67. The van der Waals surface area contributed by atoms with Crippen LogP contribution in [0.3, 0.4) is 0 Å². The minimum atomic E-state index is -3.65. The molecule has 24 heavy (non-hydrogen) atoms. The Morgan fingerprint density at radius 3 is 2.38 bits per heavy atom. The monoisotopic (exact) mass is 397 g/mol. The molecular weight excluding hydrogens is 374 g/mol. The number of sulfonamides is 2. The lowest BCUT2D eigenvalue weighted by Gasteiger charge is -2.34. The molecule has 1 aliphatic heterocycles.